The van der Waals surface area contributed by atoms with E-state index in [2.05, 4.69) is 0 Å². The van der Waals surface area contributed by atoms with Crippen molar-refractivity contribution in [1.29, 1.82) is 0 Å². The van der Waals surface area contributed by atoms with Crippen molar-refractivity contribution in [2.45, 2.75) is 19.4 Å². The standard InChI is InChI=1S/C16H15NO5/c1-3-21-15(19)10-8-12(18)17(2)14-9-6-4-5-7-11(9)22-16(20)13(10)14/h4-7,14H,3,8H2,1-2H3. The molecule has 6 heteroatoms. The molecule has 6 nitrogen and oxygen atoms in total. The van der Waals surface area contributed by atoms with Crippen molar-refractivity contribution >= 4 is 17.8 Å². The lowest BCUT2D eigenvalue weighted by Crippen LogP contribution is -2.43. The van der Waals surface area contributed by atoms with Crippen molar-refractivity contribution in [1.82, 2.24) is 4.90 Å². The van der Waals surface area contributed by atoms with Gasteiger partial charge >= 0.3 is 11.9 Å². The number of hydrogen-bond acceptors (Lipinski definition) is 5. The van der Waals surface area contributed by atoms with Crippen molar-refractivity contribution in [2.75, 3.05) is 13.7 Å². The van der Waals surface area contributed by atoms with Crippen LogP contribution in [-0.2, 0) is 19.1 Å². The van der Waals surface area contributed by atoms with E-state index in [1.165, 1.54) is 4.90 Å². The van der Waals surface area contributed by atoms with Crippen molar-refractivity contribution < 1.29 is 23.9 Å². The van der Waals surface area contributed by atoms with Gasteiger partial charge in [0.15, 0.2) is 0 Å². The van der Waals surface area contributed by atoms with Crippen LogP contribution in [-0.4, -0.2) is 36.4 Å². The van der Waals surface area contributed by atoms with Crippen molar-refractivity contribution in [3.8, 4) is 5.75 Å². The normalized spacial score (nSPS) is 20.3. The number of fused-ring (bicyclic) bond motifs is 3. The highest BCUT2D eigenvalue weighted by molar-refractivity contribution is 6.08. The largest absolute Gasteiger partial charge is 0.463 e. The minimum Gasteiger partial charge on any atom is -0.463 e. The number of para-hydroxylation sites is 1. The minimum absolute atomic E-state index is 0.0921. The average Bonchev–Trinajstić information content (AvgIpc) is 2.50. The first-order valence-electron chi connectivity index (χ1n) is 7.01. The van der Waals surface area contributed by atoms with Crippen molar-refractivity contribution in [3.05, 3.63) is 41.0 Å². The molecular formula is C16H15NO5. The van der Waals surface area contributed by atoms with Gasteiger partial charge in [-0.1, -0.05) is 18.2 Å². The van der Waals surface area contributed by atoms with Crippen LogP contribution >= 0.6 is 0 Å². The molecule has 2 aliphatic heterocycles. The monoisotopic (exact) mass is 301 g/mol. The lowest BCUT2D eigenvalue weighted by atomic mass is 9.86. The molecule has 0 saturated heterocycles. The van der Waals surface area contributed by atoms with E-state index in [-0.39, 0.29) is 30.1 Å². The Hall–Kier alpha value is -2.63. The minimum atomic E-state index is -0.639. The van der Waals surface area contributed by atoms with E-state index in [1.54, 1.807) is 38.2 Å². The van der Waals surface area contributed by atoms with Gasteiger partial charge in [0.1, 0.15) is 5.75 Å². The van der Waals surface area contributed by atoms with Crippen LogP contribution in [0.2, 0.25) is 0 Å². The fourth-order valence-corrected chi connectivity index (χ4v) is 2.83. The van der Waals surface area contributed by atoms with Crippen LogP contribution in [0.1, 0.15) is 24.9 Å². The topological polar surface area (TPSA) is 72.9 Å². The number of carbonyl (C=O) groups excluding carboxylic acids is 3. The summed E-state index contributed by atoms with van der Waals surface area (Å²) in [6, 6.07) is 6.38. The van der Waals surface area contributed by atoms with Gasteiger partial charge in [0.2, 0.25) is 5.91 Å². The third kappa shape index (κ3) is 2.07. The summed E-state index contributed by atoms with van der Waals surface area (Å²) in [5.41, 5.74) is 0.975. The Bertz CT molecular complexity index is 706. The molecule has 0 bridgehead atoms. The van der Waals surface area contributed by atoms with E-state index < -0.39 is 18.0 Å². The molecule has 0 saturated carbocycles. The van der Waals surface area contributed by atoms with E-state index in [9.17, 15) is 14.4 Å². The third-order valence-electron chi connectivity index (χ3n) is 3.87. The summed E-state index contributed by atoms with van der Waals surface area (Å²) in [6.07, 6.45) is -0.154. The Morgan fingerprint density at radius 2 is 2.09 bits per heavy atom. The quantitative estimate of drug-likeness (QED) is 0.609. The first-order chi connectivity index (χ1) is 10.5. The van der Waals surface area contributed by atoms with Gasteiger partial charge in [-0.3, -0.25) is 4.79 Å². The smallest absolute Gasteiger partial charge is 0.342 e. The van der Waals surface area contributed by atoms with Crippen LogP contribution < -0.4 is 4.74 Å². The van der Waals surface area contributed by atoms with Crippen LogP contribution in [0.3, 0.4) is 0 Å². The lowest BCUT2D eigenvalue weighted by Gasteiger charge is -2.38. The first kappa shape index (κ1) is 14.3. The maximum absolute atomic E-state index is 12.3. The SMILES string of the molecule is CCOC(=O)C1=C2C(=O)Oc3ccccc3C2N(C)C(=O)C1. The molecular weight excluding hydrogens is 286 g/mol. The Morgan fingerprint density at radius 3 is 2.82 bits per heavy atom. The molecule has 114 valence electrons. The number of carbonyl (C=O) groups is 3. The van der Waals surface area contributed by atoms with E-state index in [4.69, 9.17) is 9.47 Å². The fourth-order valence-electron chi connectivity index (χ4n) is 2.83. The summed E-state index contributed by atoms with van der Waals surface area (Å²) in [4.78, 5) is 38.1. The van der Waals surface area contributed by atoms with Crippen LogP contribution in [0.4, 0.5) is 0 Å². The highest BCUT2D eigenvalue weighted by Crippen LogP contribution is 2.43. The summed E-state index contributed by atoms with van der Waals surface area (Å²) in [5, 5.41) is 0. The predicted molar refractivity (Wildman–Crippen MR) is 75.9 cm³/mol. The van der Waals surface area contributed by atoms with Gasteiger partial charge < -0.3 is 14.4 Å². The zero-order chi connectivity index (χ0) is 15.9. The first-order valence-corrected chi connectivity index (χ1v) is 7.01. The van der Waals surface area contributed by atoms with Crippen LogP contribution in [0.25, 0.3) is 0 Å². The Morgan fingerprint density at radius 1 is 1.36 bits per heavy atom. The maximum Gasteiger partial charge on any atom is 0.342 e. The Labute approximate surface area is 127 Å². The number of benzene rings is 1. The second kappa shape index (κ2) is 5.29. The number of hydrogen-bond donors (Lipinski definition) is 0. The van der Waals surface area contributed by atoms with E-state index >= 15 is 0 Å². The van der Waals surface area contributed by atoms with Gasteiger partial charge in [0.25, 0.3) is 0 Å². The van der Waals surface area contributed by atoms with Gasteiger partial charge in [-0.05, 0) is 13.0 Å². The van der Waals surface area contributed by atoms with Crippen LogP contribution in [0.5, 0.6) is 5.75 Å². The van der Waals surface area contributed by atoms with E-state index in [0.717, 1.165) is 0 Å². The molecule has 2 aliphatic rings. The maximum atomic E-state index is 12.3. The molecule has 0 N–H and O–H groups in total. The van der Waals surface area contributed by atoms with E-state index in [0.29, 0.717) is 11.3 Å². The summed E-state index contributed by atoms with van der Waals surface area (Å²) in [7, 11) is 1.62. The number of esters is 2. The fraction of sp³-hybridized carbons (Fsp3) is 0.312. The van der Waals surface area contributed by atoms with Gasteiger partial charge in [0.05, 0.1) is 30.2 Å². The highest BCUT2D eigenvalue weighted by Gasteiger charge is 2.44. The van der Waals surface area contributed by atoms with Crippen molar-refractivity contribution in [2.24, 2.45) is 0 Å². The van der Waals surface area contributed by atoms with Gasteiger partial charge in [-0.2, -0.15) is 0 Å². The molecule has 1 aromatic rings. The molecule has 22 heavy (non-hydrogen) atoms. The molecule has 0 fully saturated rings. The van der Waals surface area contributed by atoms with Gasteiger partial charge in [-0.15, -0.1) is 0 Å². The molecule has 0 aliphatic carbocycles. The molecule has 0 radical (unpaired) electrons. The van der Waals surface area contributed by atoms with Gasteiger partial charge in [0, 0.05) is 12.6 Å². The average molecular weight is 301 g/mol. The van der Waals surface area contributed by atoms with Crippen LogP contribution in [0.15, 0.2) is 35.4 Å². The number of likely N-dealkylation sites (N-methyl/N-ethyl adjacent to an activating group) is 1. The predicted octanol–water partition coefficient (Wildman–Crippen LogP) is 1.37. The summed E-state index contributed by atoms with van der Waals surface area (Å²) in [6.45, 7) is 1.85. The molecule has 1 unspecified atom stereocenters. The number of rotatable bonds is 2. The zero-order valence-corrected chi connectivity index (χ0v) is 12.3. The summed E-state index contributed by atoms with van der Waals surface area (Å²) in [5.74, 6) is -1.07. The Balaban J connectivity index is 2.20. The third-order valence-corrected chi connectivity index (χ3v) is 3.87. The Kier molecular flexibility index (Phi) is 3.44. The number of ether oxygens (including phenoxy) is 2. The zero-order valence-electron chi connectivity index (χ0n) is 12.3. The second-order valence-corrected chi connectivity index (χ2v) is 5.12. The van der Waals surface area contributed by atoms with Gasteiger partial charge in [-0.25, -0.2) is 9.59 Å². The summed E-state index contributed by atoms with van der Waals surface area (Å²) >= 11 is 0. The van der Waals surface area contributed by atoms with Crippen molar-refractivity contribution in [3.63, 3.8) is 0 Å². The molecule has 0 aromatic heterocycles. The number of nitrogens with zero attached hydrogens (tertiary/aromatic N) is 1. The number of amides is 1. The summed E-state index contributed by atoms with van der Waals surface area (Å²) < 4.78 is 10.3. The molecule has 1 amide bonds. The molecule has 1 atom stereocenters. The molecule has 2 heterocycles. The van der Waals surface area contributed by atoms with Crippen LogP contribution in [0, 0.1) is 0 Å². The second-order valence-electron chi connectivity index (χ2n) is 5.12. The van der Waals surface area contributed by atoms with E-state index in [1.807, 2.05) is 0 Å². The molecule has 1 aromatic carbocycles. The molecule has 0 spiro atoms. The highest BCUT2D eigenvalue weighted by atomic mass is 16.5. The lowest BCUT2D eigenvalue weighted by molar-refractivity contribution is -0.144. The molecule has 3 rings (SSSR count).